The first-order chi connectivity index (χ1) is 10.2. The van der Waals surface area contributed by atoms with Crippen LogP contribution in [0.5, 0.6) is 0 Å². The number of rotatable bonds is 5. The number of amides is 2. The van der Waals surface area contributed by atoms with Gasteiger partial charge in [0.2, 0.25) is 11.8 Å². The van der Waals surface area contributed by atoms with Crippen LogP contribution in [0.2, 0.25) is 0 Å². The third-order valence-corrected chi connectivity index (χ3v) is 3.56. The topological polar surface area (TPSA) is 75.7 Å². The van der Waals surface area contributed by atoms with Crippen LogP contribution in [0.3, 0.4) is 0 Å². The Morgan fingerprint density at radius 3 is 2.55 bits per heavy atom. The van der Waals surface area contributed by atoms with Gasteiger partial charge in [0.15, 0.2) is 5.41 Å². The molecule has 1 rings (SSSR count). The van der Waals surface area contributed by atoms with Crippen LogP contribution in [0.25, 0.3) is 0 Å². The first-order valence-electron chi connectivity index (χ1n) is 6.51. The highest BCUT2D eigenvalue weighted by atomic mass is 19.4. The lowest BCUT2D eigenvalue weighted by atomic mass is 9.86. The van der Waals surface area contributed by atoms with Gasteiger partial charge in [-0.2, -0.15) is 13.2 Å². The quantitative estimate of drug-likeness (QED) is 0.595. The highest BCUT2D eigenvalue weighted by Crippen LogP contribution is 2.46. The van der Waals surface area contributed by atoms with Crippen molar-refractivity contribution in [1.29, 1.82) is 0 Å². The van der Waals surface area contributed by atoms with E-state index < -0.39 is 42.3 Å². The van der Waals surface area contributed by atoms with Crippen molar-refractivity contribution in [2.24, 2.45) is 5.41 Å². The minimum Gasteiger partial charge on any atom is -0.468 e. The maximum atomic E-state index is 13.2. The summed E-state index contributed by atoms with van der Waals surface area (Å²) in [7, 11) is 0.880. The Morgan fingerprint density at radius 2 is 2.05 bits per heavy atom. The second kappa shape index (κ2) is 6.80. The molecular formula is C13H17F3N2O4. The molecule has 0 radical (unpaired) electrons. The van der Waals surface area contributed by atoms with Crippen LogP contribution in [0.1, 0.15) is 12.8 Å². The zero-order chi connectivity index (χ0) is 17.0. The number of alkyl halides is 3. The van der Waals surface area contributed by atoms with E-state index in [0.717, 1.165) is 18.1 Å². The number of likely N-dealkylation sites (tertiary alicyclic amines) is 1. The van der Waals surface area contributed by atoms with E-state index in [1.54, 1.807) is 0 Å². The van der Waals surface area contributed by atoms with E-state index in [4.69, 9.17) is 0 Å². The lowest BCUT2D eigenvalue weighted by Gasteiger charge is -2.28. The molecule has 1 unspecified atom stereocenters. The molecule has 0 saturated carbocycles. The summed E-state index contributed by atoms with van der Waals surface area (Å²) in [6.45, 7) is 2.25. The Bertz CT molecular complexity index is 478. The van der Waals surface area contributed by atoms with E-state index in [1.165, 1.54) is 0 Å². The Balaban J connectivity index is 2.70. The monoisotopic (exact) mass is 322 g/mol. The first-order valence-corrected chi connectivity index (χ1v) is 6.51. The van der Waals surface area contributed by atoms with Crippen LogP contribution in [-0.4, -0.2) is 55.6 Å². The molecule has 1 aliphatic heterocycles. The van der Waals surface area contributed by atoms with Crippen molar-refractivity contribution in [3.8, 4) is 0 Å². The van der Waals surface area contributed by atoms with Gasteiger partial charge in [-0.05, 0) is 12.5 Å². The van der Waals surface area contributed by atoms with Crippen molar-refractivity contribution < 1.29 is 32.3 Å². The van der Waals surface area contributed by atoms with Crippen molar-refractivity contribution in [2.45, 2.75) is 19.0 Å². The number of halogens is 3. The molecule has 0 aliphatic carbocycles. The summed E-state index contributed by atoms with van der Waals surface area (Å²) in [4.78, 5) is 35.3. The van der Waals surface area contributed by atoms with Gasteiger partial charge in [-0.3, -0.25) is 14.4 Å². The lowest BCUT2D eigenvalue weighted by Crippen LogP contribution is -2.48. The number of methoxy groups -OCH3 is 1. The standard InChI is InChI=1S/C13H17F3N2O4/c1-3-9(19)17-6-4-10(20)18-7-5-12(8-18,11(21)22-2)13(14,15)16/h3H,1,4-8H2,2H3,(H,17,19). The summed E-state index contributed by atoms with van der Waals surface area (Å²) in [5.41, 5.74) is -2.68. The third kappa shape index (κ3) is 3.58. The fraction of sp³-hybridized carbons (Fsp3) is 0.615. The van der Waals surface area contributed by atoms with Crippen molar-refractivity contribution >= 4 is 17.8 Å². The average molecular weight is 322 g/mol. The summed E-state index contributed by atoms with van der Waals surface area (Å²) in [5.74, 6) is -2.44. The van der Waals surface area contributed by atoms with Gasteiger partial charge in [-0.15, -0.1) is 0 Å². The molecule has 6 nitrogen and oxygen atoms in total. The number of ether oxygens (including phenoxy) is 1. The molecule has 1 atom stereocenters. The fourth-order valence-corrected chi connectivity index (χ4v) is 2.25. The molecule has 1 fully saturated rings. The van der Waals surface area contributed by atoms with Gasteiger partial charge in [-0.25, -0.2) is 0 Å². The second-order valence-electron chi connectivity index (χ2n) is 4.88. The SMILES string of the molecule is C=CC(=O)NCCC(=O)N1CCC(C(=O)OC)(C(F)(F)F)C1. The molecule has 0 aromatic heterocycles. The summed E-state index contributed by atoms with van der Waals surface area (Å²) in [5, 5.41) is 2.35. The van der Waals surface area contributed by atoms with Crippen LogP contribution in [-0.2, 0) is 19.1 Å². The van der Waals surface area contributed by atoms with Gasteiger partial charge in [0.05, 0.1) is 7.11 Å². The maximum absolute atomic E-state index is 13.2. The summed E-state index contributed by atoms with van der Waals surface area (Å²) in [6, 6.07) is 0. The van der Waals surface area contributed by atoms with E-state index in [-0.39, 0.29) is 19.5 Å². The molecule has 1 aliphatic rings. The summed E-state index contributed by atoms with van der Waals surface area (Å²) in [6.07, 6.45) is -4.47. The normalized spacial score (nSPS) is 21.4. The van der Waals surface area contributed by atoms with Gasteiger partial charge < -0.3 is 15.0 Å². The summed E-state index contributed by atoms with van der Waals surface area (Å²) < 4.78 is 43.8. The molecule has 1 heterocycles. The maximum Gasteiger partial charge on any atom is 0.406 e. The molecule has 0 bridgehead atoms. The van der Waals surface area contributed by atoms with Gasteiger partial charge in [0, 0.05) is 26.1 Å². The largest absolute Gasteiger partial charge is 0.468 e. The van der Waals surface area contributed by atoms with Crippen LogP contribution < -0.4 is 5.32 Å². The van der Waals surface area contributed by atoms with Crippen LogP contribution in [0.4, 0.5) is 13.2 Å². The van der Waals surface area contributed by atoms with E-state index >= 15 is 0 Å². The Morgan fingerprint density at radius 1 is 1.41 bits per heavy atom. The predicted molar refractivity (Wildman–Crippen MR) is 69.5 cm³/mol. The Hall–Kier alpha value is -2.06. The van der Waals surface area contributed by atoms with E-state index in [0.29, 0.717) is 0 Å². The van der Waals surface area contributed by atoms with E-state index in [2.05, 4.69) is 16.6 Å². The molecule has 9 heteroatoms. The predicted octanol–water partition coefficient (Wildman–Crippen LogP) is 0.633. The highest BCUT2D eigenvalue weighted by molar-refractivity contribution is 5.87. The number of carbonyl (C=O) groups excluding carboxylic acids is 3. The van der Waals surface area contributed by atoms with Gasteiger partial charge >= 0.3 is 12.1 Å². The number of carbonyl (C=O) groups is 3. The van der Waals surface area contributed by atoms with E-state index in [1.807, 2.05) is 0 Å². The van der Waals surface area contributed by atoms with Gasteiger partial charge in [0.1, 0.15) is 0 Å². The molecule has 1 saturated heterocycles. The lowest BCUT2D eigenvalue weighted by molar-refractivity contribution is -0.229. The van der Waals surface area contributed by atoms with Crippen LogP contribution in [0.15, 0.2) is 12.7 Å². The van der Waals surface area contributed by atoms with Crippen molar-refractivity contribution in [3.05, 3.63) is 12.7 Å². The Labute approximate surface area is 125 Å². The first kappa shape index (κ1) is 18.0. The highest BCUT2D eigenvalue weighted by Gasteiger charge is 2.64. The molecule has 0 aromatic rings. The molecule has 0 spiro atoms. The molecule has 1 N–H and O–H groups in total. The number of esters is 1. The number of hydrogen-bond acceptors (Lipinski definition) is 4. The zero-order valence-corrected chi connectivity index (χ0v) is 12.0. The zero-order valence-electron chi connectivity index (χ0n) is 12.0. The van der Waals surface area contributed by atoms with E-state index in [9.17, 15) is 27.6 Å². The van der Waals surface area contributed by atoms with Crippen LogP contribution >= 0.6 is 0 Å². The molecule has 22 heavy (non-hydrogen) atoms. The minimum absolute atomic E-state index is 0.0164. The molecule has 2 amide bonds. The smallest absolute Gasteiger partial charge is 0.406 e. The van der Waals surface area contributed by atoms with Crippen LogP contribution in [0, 0.1) is 5.41 Å². The van der Waals surface area contributed by atoms with Gasteiger partial charge in [0.25, 0.3) is 0 Å². The molecule has 124 valence electrons. The van der Waals surface area contributed by atoms with Crippen molar-refractivity contribution in [1.82, 2.24) is 10.2 Å². The Kier molecular flexibility index (Phi) is 5.56. The number of nitrogens with one attached hydrogen (secondary N) is 1. The average Bonchev–Trinajstić information content (AvgIpc) is 2.92. The minimum atomic E-state index is -4.80. The number of nitrogens with zero attached hydrogens (tertiary/aromatic N) is 1. The number of hydrogen-bond donors (Lipinski definition) is 1. The molecular weight excluding hydrogens is 305 g/mol. The second-order valence-corrected chi connectivity index (χ2v) is 4.88. The van der Waals surface area contributed by atoms with Crippen molar-refractivity contribution in [3.63, 3.8) is 0 Å². The third-order valence-electron chi connectivity index (χ3n) is 3.56. The summed E-state index contributed by atoms with van der Waals surface area (Å²) >= 11 is 0. The van der Waals surface area contributed by atoms with Gasteiger partial charge in [-0.1, -0.05) is 6.58 Å². The van der Waals surface area contributed by atoms with Crippen molar-refractivity contribution in [2.75, 3.05) is 26.7 Å². The fourth-order valence-electron chi connectivity index (χ4n) is 2.25. The molecule has 0 aromatic carbocycles.